The summed E-state index contributed by atoms with van der Waals surface area (Å²) in [4.78, 5) is 62.0. The molecule has 0 atom stereocenters. The van der Waals surface area contributed by atoms with Crippen molar-refractivity contribution in [2.75, 3.05) is 12.4 Å². The Bertz CT molecular complexity index is 6700. The minimum absolute atomic E-state index is 0. The molecule has 32 nitrogen and oxygen atoms in total. The van der Waals surface area contributed by atoms with Crippen LogP contribution in [0.1, 0.15) is 94.5 Å². The zero-order valence-electron chi connectivity index (χ0n) is 75.6. The van der Waals surface area contributed by atoms with Crippen LogP contribution >= 0.6 is 11.8 Å². The summed E-state index contributed by atoms with van der Waals surface area (Å²) in [5.74, 6) is 1.03. The van der Waals surface area contributed by atoms with Crippen molar-refractivity contribution in [3.8, 4) is 68.7 Å². The summed E-state index contributed by atoms with van der Waals surface area (Å²) in [7, 11) is 7.43. The zero-order valence-corrected chi connectivity index (χ0v) is 90.6. The van der Waals surface area contributed by atoms with Crippen LogP contribution in [0.3, 0.4) is 0 Å². The molecule has 0 spiro atoms. The number of benzene rings is 10. The van der Waals surface area contributed by atoms with Crippen molar-refractivity contribution < 1.29 is 232 Å². The molecule has 5 aromatic heterocycles. The number of tetrazole rings is 5. The maximum absolute atomic E-state index is 13.5. The number of nitrogens with zero attached hydrogens (tertiary/aromatic N) is 20. The molecule has 0 bridgehead atoms. The maximum atomic E-state index is 13.5. The number of hydrogen-bond donors (Lipinski definition) is 0. The molecular formula is C89H85F8N20O12SY5-5. The number of aryl methyl sites for hydroxylation is 11. The van der Waals surface area contributed by atoms with Crippen LogP contribution in [0.15, 0.2) is 181 Å². The molecule has 15 rings (SSSR count). The van der Waals surface area contributed by atoms with Gasteiger partial charge in [-0.05, 0) is 146 Å². The molecule has 0 fully saturated rings. The number of rotatable bonds is 26. The molecule has 695 valence electrons. The second-order valence-corrected chi connectivity index (χ2v) is 30.0. The van der Waals surface area contributed by atoms with Crippen molar-refractivity contribution in [3.63, 3.8) is 0 Å². The predicted molar refractivity (Wildman–Crippen MR) is 458 cm³/mol. The van der Waals surface area contributed by atoms with Crippen LogP contribution in [0.4, 0.5) is 35.1 Å². The fraction of sp³-hybridized carbons (Fsp3) is 0.270. The van der Waals surface area contributed by atoms with Crippen molar-refractivity contribution in [3.05, 3.63) is 330 Å². The van der Waals surface area contributed by atoms with Crippen molar-refractivity contribution >= 4 is 11.8 Å². The molecule has 0 saturated carbocycles. The van der Waals surface area contributed by atoms with Crippen LogP contribution in [0.25, 0.3) is 28.4 Å². The number of thioether (sulfide) groups is 1. The summed E-state index contributed by atoms with van der Waals surface area (Å²) >= 11 is 1.64. The third-order valence-corrected chi connectivity index (χ3v) is 20.1. The summed E-state index contributed by atoms with van der Waals surface area (Å²) in [6.07, 6.45) is -4.77. The van der Waals surface area contributed by atoms with E-state index in [1.54, 1.807) is 94.2 Å². The van der Waals surface area contributed by atoms with E-state index in [0.29, 0.717) is 80.5 Å². The number of hydrogen-bond acceptors (Lipinski definition) is 23. The fourth-order valence-electron chi connectivity index (χ4n) is 12.3. The molecule has 0 amide bonds. The van der Waals surface area contributed by atoms with Crippen LogP contribution in [0.5, 0.6) is 40.2 Å². The third-order valence-electron chi connectivity index (χ3n) is 19.1. The minimum atomic E-state index is -4.69. The molecule has 0 aliphatic carbocycles. The summed E-state index contributed by atoms with van der Waals surface area (Å²) in [5, 5.41) is 37.6. The molecule has 0 N–H and O–H groups in total. The van der Waals surface area contributed by atoms with Gasteiger partial charge >= 0.3 is 34.6 Å². The van der Waals surface area contributed by atoms with Gasteiger partial charge in [-0.2, -0.15) is 90.3 Å². The Morgan fingerprint density at radius 3 is 0.904 bits per heavy atom. The molecular weight excluding hydrogens is 2170 g/mol. The van der Waals surface area contributed by atoms with Gasteiger partial charge in [0.15, 0.2) is 0 Å². The predicted octanol–water partition coefficient (Wildman–Crippen LogP) is 12.6. The van der Waals surface area contributed by atoms with Crippen molar-refractivity contribution in [1.29, 1.82) is 0 Å². The Hall–Kier alpha value is -9.54. The standard InChI is InChI=1S/C19H20FN4O3.C18H18FN4O3.C18H18FN4O2S.C17H13F4N4O2.C17H16FN4O2.5Y/c1-12(2)27-17-7-5-6-16(24-19(25)23(4)21-22-24)15(17)11-26-18-10-14(20)9-8-13(18)3;1-4-25-16-7-5-6-15(23-18(24)22(3)20-21-23)14(16)11-26-17-10-13(19)9-8-12(17)2;1-4-26-17-7-5-6-15(23-18(24)22(3)20-21-23)14(17)11-25-16-10-13(19)9-8-12(16)2;1-10-6-7-11(18)8-15(10)27-9-12-13(17(19,20)21)4-3-5-14(12)25-16(26)24(2)22-23-25;1-11-5-4-6-15(22-17(23)21(3)19-20-22)14(11)10-24-16-9-13(18)8-7-12(16)2;;;;;/h5-8,10,12H,11H2,1-4H3;2*5-8,10H,4,11H2,1-3H3;3-6,8H,9H2,1-2H3;4-7,9H,10H2,1-3H3;;;;;/q5*-1;;;;;. The van der Waals surface area contributed by atoms with E-state index in [1.165, 1.54) is 102 Å². The van der Waals surface area contributed by atoms with Crippen LogP contribution in [0.2, 0.25) is 0 Å². The molecule has 5 heterocycles. The van der Waals surface area contributed by atoms with E-state index < -0.39 is 64.5 Å². The molecule has 0 unspecified atom stereocenters. The smallest absolute Gasteiger partial charge is 0.416 e. The second kappa shape index (κ2) is 52.8. The Labute approximate surface area is 898 Å². The zero-order chi connectivity index (χ0) is 93.9. The normalized spacial score (nSPS) is 10.6. The second-order valence-electron chi connectivity index (χ2n) is 28.7. The summed E-state index contributed by atoms with van der Waals surface area (Å²) < 4.78 is 159. The van der Waals surface area contributed by atoms with Gasteiger partial charge in [-0.1, -0.05) is 108 Å². The third kappa shape index (κ3) is 29.5. The van der Waals surface area contributed by atoms with E-state index in [9.17, 15) is 59.1 Å². The maximum Gasteiger partial charge on any atom is 0.416 e. The van der Waals surface area contributed by atoms with E-state index in [-0.39, 0.29) is 224 Å². The molecule has 0 saturated heterocycles. The topological polar surface area (TPSA) is 328 Å². The van der Waals surface area contributed by atoms with Crippen LogP contribution in [0, 0.1) is 101 Å². The monoisotopic (exact) mass is 2250 g/mol. The first kappa shape index (κ1) is 114. The Balaban J connectivity index is 0.000000257. The number of aromatic nitrogens is 20. The van der Waals surface area contributed by atoms with Crippen molar-refractivity contribution in [2.24, 2.45) is 35.2 Å². The molecule has 135 heavy (non-hydrogen) atoms. The van der Waals surface area contributed by atoms with E-state index in [0.717, 1.165) is 95.9 Å². The Kier molecular flexibility index (Phi) is 44.7. The number of ether oxygens (including phenoxy) is 7. The van der Waals surface area contributed by atoms with E-state index in [1.807, 2.05) is 72.7 Å². The van der Waals surface area contributed by atoms with Gasteiger partial charge in [0.2, 0.25) is 0 Å². The molecule has 10 aromatic carbocycles. The Morgan fingerprint density at radius 2 is 0.600 bits per heavy atom. The molecule has 5 radical (unpaired) electrons. The SMILES string of the molecule is CCOc1cccc(-n2nnn(C)c2=O)c1COc1cc(F)[c-]cc1C.CCSc1cccc(-n2nnn(C)c2=O)c1COc1cc(F)[c-]cc1C.Cc1c[c-]c(F)cc1OCc1c(-n2nnn(C)c2=O)cccc1C(F)(F)F.Cc1c[c-]c(F)cc1OCc1c(C)cccc1-n1nnn(C)c1=O.Cc1c[c-]c(F)cc1OCc1c(OC(C)C)cccc1-n1nnn(C)c1=O.[Y].[Y].[Y].[Y].[Y]. The van der Waals surface area contributed by atoms with Gasteiger partial charge in [0.1, 0.15) is 44.5 Å². The van der Waals surface area contributed by atoms with Crippen LogP contribution in [-0.2, 0) is 238 Å². The van der Waals surface area contributed by atoms with Gasteiger partial charge in [0, 0.05) is 278 Å². The Morgan fingerprint density at radius 1 is 0.333 bits per heavy atom. The van der Waals surface area contributed by atoms with Crippen LogP contribution < -0.4 is 61.6 Å². The van der Waals surface area contributed by atoms with E-state index >= 15 is 0 Å². The van der Waals surface area contributed by atoms with E-state index in [4.69, 9.17) is 33.2 Å². The van der Waals surface area contributed by atoms with Crippen LogP contribution in [-0.4, -0.2) is 117 Å². The number of halogens is 8. The summed E-state index contributed by atoms with van der Waals surface area (Å²) in [6.45, 7) is 18.8. The first-order valence-electron chi connectivity index (χ1n) is 39.6. The van der Waals surface area contributed by atoms with Crippen molar-refractivity contribution in [1.82, 2.24) is 99.0 Å². The van der Waals surface area contributed by atoms with Crippen molar-refractivity contribution in [2.45, 2.75) is 119 Å². The first-order chi connectivity index (χ1) is 62.0. The number of alkyl halides is 3. The average molecular weight is 2260 g/mol. The van der Waals surface area contributed by atoms with Gasteiger partial charge < -0.3 is 33.2 Å². The van der Waals surface area contributed by atoms with Gasteiger partial charge in [0.25, 0.3) is 0 Å². The van der Waals surface area contributed by atoms with Gasteiger partial charge in [-0.15, -0.1) is 69.9 Å². The molecule has 46 heteroatoms. The largest absolute Gasteiger partial charge is 0.514 e. The van der Waals surface area contributed by atoms with E-state index in [2.05, 4.69) is 82.5 Å². The quantitative estimate of drug-likeness (QED) is 0.0276. The average Bonchev–Trinajstić information content (AvgIpc) is 1.79. The first-order valence-corrected chi connectivity index (χ1v) is 40.6. The minimum Gasteiger partial charge on any atom is -0.514 e. The van der Waals surface area contributed by atoms with Gasteiger partial charge in [-0.25, -0.2) is 45.9 Å². The van der Waals surface area contributed by atoms with Gasteiger partial charge in [-0.3, -0.25) is 0 Å². The molecule has 15 aromatic rings. The molecule has 0 aliphatic heterocycles. The molecule has 0 aliphatic rings. The van der Waals surface area contributed by atoms with Gasteiger partial charge in [0.05, 0.1) is 57.8 Å². The summed E-state index contributed by atoms with van der Waals surface area (Å²) in [6, 6.07) is 50.9. The fourth-order valence-corrected chi connectivity index (χ4v) is 13.2. The summed E-state index contributed by atoms with van der Waals surface area (Å²) in [5.41, 5.74) is 5.86.